The molecule has 2 rings (SSSR count). The summed E-state index contributed by atoms with van der Waals surface area (Å²) in [7, 11) is -3.32. The average Bonchev–Trinajstić information content (AvgIpc) is 2.72. The Morgan fingerprint density at radius 1 is 1.28 bits per heavy atom. The molecule has 0 fully saturated rings. The first-order chi connectivity index (χ1) is 8.36. The number of fused-ring (bicyclic) bond motifs is 1. The standard InChI is InChI=1S/C13H18N2O2S/c1-13(2,8-14)9-18(16,17)12-7-15-11-6-4-3-5-10(11)12/h3-7,15H,8-9,14H2,1-2H3. The summed E-state index contributed by atoms with van der Waals surface area (Å²) in [5, 5.41) is 0.741. The number of hydrogen-bond donors (Lipinski definition) is 2. The molecule has 0 radical (unpaired) electrons. The van der Waals surface area contributed by atoms with Crippen LogP contribution >= 0.6 is 0 Å². The van der Waals surface area contributed by atoms with E-state index < -0.39 is 15.3 Å². The van der Waals surface area contributed by atoms with Gasteiger partial charge < -0.3 is 10.7 Å². The second-order valence-electron chi connectivity index (χ2n) is 5.33. The number of benzene rings is 1. The van der Waals surface area contributed by atoms with Crippen molar-refractivity contribution < 1.29 is 8.42 Å². The van der Waals surface area contributed by atoms with Gasteiger partial charge in [-0.2, -0.15) is 0 Å². The molecule has 98 valence electrons. The van der Waals surface area contributed by atoms with Crippen LogP contribution in [-0.4, -0.2) is 25.7 Å². The molecule has 0 aliphatic heterocycles. The Morgan fingerprint density at radius 3 is 2.61 bits per heavy atom. The first kappa shape index (κ1) is 13.1. The Kier molecular flexibility index (Phi) is 3.21. The number of aromatic nitrogens is 1. The van der Waals surface area contributed by atoms with Crippen LogP contribution in [0.15, 0.2) is 35.4 Å². The van der Waals surface area contributed by atoms with Crippen LogP contribution in [0, 0.1) is 5.41 Å². The minimum absolute atomic E-state index is 0.0539. The summed E-state index contributed by atoms with van der Waals surface area (Å²) < 4.78 is 24.8. The number of rotatable bonds is 4. The molecule has 18 heavy (non-hydrogen) atoms. The van der Waals surface area contributed by atoms with Crippen molar-refractivity contribution in [2.24, 2.45) is 11.1 Å². The van der Waals surface area contributed by atoms with Crippen molar-refractivity contribution in [3.63, 3.8) is 0 Å². The molecule has 0 saturated heterocycles. The maximum atomic E-state index is 12.4. The van der Waals surface area contributed by atoms with Crippen molar-refractivity contribution in [3.8, 4) is 0 Å². The normalized spacial score (nSPS) is 13.1. The van der Waals surface area contributed by atoms with Gasteiger partial charge in [0, 0.05) is 17.1 Å². The van der Waals surface area contributed by atoms with Crippen molar-refractivity contribution in [2.75, 3.05) is 12.3 Å². The molecular weight excluding hydrogens is 248 g/mol. The molecule has 5 heteroatoms. The number of hydrogen-bond acceptors (Lipinski definition) is 3. The second kappa shape index (κ2) is 4.40. The van der Waals surface area contributed by atoms with E-state index >= 15 is 0 Å². The van der Waals surface area contributed by atoms with Gasteiger partial charge in [-0.25, -0.2) is 8.42 Å². The monoisotopic (exact) mass is 266 g/mol. The molecule has 1 heterocycles. The second-order valence-corrected chi connectivity index (χ2v) is 7.28. The number of aromatic amines is 1. The van der Waals surface area contributed by atoms with Crippen LogP contribution in [0.1, 0.15) is 13.8 Å². The first-order valence-corrected chi connectivity index (χ1v) is 7.50. The summed E-state index contributed by atoms with van der Waals surface area (Å²) in [5.41, 5.74) is 6.02. The van der Waals surface area contributed by atoms with Gasteiger partial charge in [-0.1, -0.05) is 32.0 Å². The summed E-state index contributed by atoms with van der Waals surface area (Å²) in [5.74, 6) is 0.0539. The summed E-state index contributed by atoms with van der Waals surface area (Å²) >= 11 is 0. The fraction of sp³-hybridized carbons (Fsp3) is 0.385. The SMILES string of the molecule is CC(C)(CN)CS(=O)(=O)c1c[nH]c2ccccc12. The van der Waals surface area contributed by atoms with E-state index in [-0.39, 0.29) is 5.75 Å². The van der Waals surface area contributed by atoms with Gasteiger partial charge >= 0.3 is 0 Å². The zero-order valence-corrected chi connectivity index (χ0v) is 11.4. The minimum Gasteiger partial charge on any atom is -0.360 e. The molecule has 1 aromatic carbocycles. The fourth-order valence-corrected chi connectivity index (χ4v) is 4.01. The molecule has 0 unspecified atom stereocenters. The number of para-hydroxylation sites is 1. The van der Waals surface area contributed by atoms with Crippen LogP contribution in [-0.2, 0) is 9.84 Å². The minimum atomic E-state index is -3.32. The van der Waals surface area contributed by atoms with Crippen LogP contribution in [0.4, 0.5) is 0 Å². The highest BCUT2D eigenvalue weighted by molar-refractivity contribution is 7.91. The molecule has 0 bridgehead atoms. The van der Waals surface area contributed by atoms with Gasteiger partial charge in [-0.3, -0.25) is 0 Å². The van der Waals surface area contributed by atoms with Gasteiger partial charge in [0.25, 0.3) is 0 Å². The van der Waals surface area contributed by atoms with Crippen LogP contribution in [0.3, 0.4) is 0 Å². The number of nitrogens with two attached hydrogens (primary N) is 1. The largest absolute Gasteiger partial charge is 0.360 e. The quantitative estimate of drug-likeness (QED) is 0.887. The van der Waals surface area contributed by atoms with E-state index in [1.54, 1.807) is 6.20 Å². The Labute approximate surface area is 107 Å². The van der Waals surface area contributed by atoms with Gasteiger partial charge in [0.1, 0.15) is 0 Å². The predicted octanol–water partition coefficient (Wildman–Crippen LogP) is 1.93. The Balaban J connectivity index is 2.48. The highest BCUT2D eigenvalue weighted by Gasteiger charge is 2.28. The van der Waals surface area contributed by atoms with Gasteiger partial charge in [-0.05, 0) is 18.0 Å². The zero-order chi connectivity index (χ0) is 13.4. The van der Waals surface area contributed by atoms with Crippen molar-refractivity contribution >= 4 is 20.7 Å². The van der Waals surface area contributed by atoms with Gasteiger partial charge in [-0.15, -0.1) is 0 Å². The fourth-order valence-electron chi connectivity index (χ4n) is 1.95. The maximum absolute atomic E-state index is 12.4. The molecule has 4 nitrogen and oxygen atoms in total. The van der Waals surface area contributed by atoms with Crippen molar-refractivity contribution in [1.82, 2.24) is 4.98 Å². The highest BCUT2D eigenvalue weighted by Crippen LogP contribution is 2.27. The summed E-state index contributed by atoms with van der Waals surface area (Å²) in [6.45, 7) is 4.06. The molecule has 0 atom stereocenters. The topological polar surface area (TPSA) is 76.0 Å². The average molecular weight is 266 g/mol. The Bertz CT molecular complexity index is 656. The number of sulfone groups is 1. The van der Waals surface area contributed by atoms with E-state index in [4.69, 9.17) is 5.73 Å². The first-order valence-electron chi connectivity index (χ1n) is 5.85. The van der Waals surface area contributed by atoms with Crippen LogP contribution in [0.5, 0.6) is 0 Å². The van der Waals surface area contributed by atoms with E-state index in [0.717, 1.165) is 10.9 Å². The van der Waals surface area contributed by atoms with Crippen LogP contribution in [0.2, 0.25) is 0 Å². The van der Waals surface area contributed by atoms with E-state index in [2.05, 4.69) is 4.98 Å². The molecule has 1 aromatic heterocycles. The lowest BCUT2D eigenvalue weighted by Crippen LogP contribution is -2.31. The third-order valence-electron chi connectivity index (χ3n) is 3.02. The third kappa shape index (κ3) is 2.42. The molecule has 3 N–H and O–H groups in total. The van der Waals surface area contributed by atoms with Gasteiger partial charge in [0.2, 0.25) is 0 Å². The lowest BCUT2D eigenvalue weighted by Gasteiger charge is -2.21. The van der Waals surface area contributed by atoms with E-state index in [9.17, 15) is 8.42 Å². The predicted molar refractivity (Wildman–Crippen MR) is 73.2 cm³/mol. The summed E-state index contributed by atoms with van der Waals surface area (Å²) in [6, 6.07) is 7.39. The molecular formula is C13H18N2O2S. The molecule has 0 aliphatic rings. The van der Waals surface area contributed by atoms with E-state index in [1.165, 1.54) is 0 Å². The molecule has 0 amide bonds. The van der Waals surface area contributed by atoms with Gasteiger partial charge in [0.15, 0.2) is 9.84 Å². The number of H-pyrrole nitrogens is 1. The molecule has 0 saturated carbocycles. The summed E-state index contributed by atoms with van der Waals surface area (Å²) in [6.07, 6.45) is 1.56. The highest BCUT2D eigenvalue weighted by atomic mass is 32.2. The Morgan fingerprint density at radius 2 is 1.94 bits per heavy atom. The van der Waals surface area contributed by atoms with Crippen molar-refractivity contribution in [3.05, 3.63) is 30.5 Å². The molecule has 0 spiro atoms. The van der Waals surface area contributed by atoms with Crippen LogP contribution in [0.25, 0.3) is 10.9 Å². The van der Waals surface area contributed by atoms with Crippen molar-refractivity contribution in [2.45, 2.75) is 18.7 Å². The lowest BCUT2D eigenvalue weighted by atomic mass is 9.97. The third-order valence-corrected chi connectivity index (χ3v) is 5.19. The lowest BCUT2D eigenvalue weighted by molar-refractivity contribution is 0.425. The number of nitrogens with one attached hydrogen (secondary N) is 1. The van der Waals surface area contributed by atoms with Crippen LogP contribution < -0.4 is 5.73 Å². The van der Waals surface area contributed by atoms with Gasteiger partial charge in [0.05, 0.1) is 10.6 Å². The summed E-state index contributed by atoms with van der Waals surface area (Å²) in [4.78, 5) is 3.35. The van der Waals surface area contributed by atoms with Crippen molar-refractivity contribution in [1.29, 1.82) is 0 Å². The van der Waals surface area contributed by atoms with E-state index in [0.29, 0.717) is 11.4 Å². The van der Waals surface area contributed by atoms with E-state index in [1.807, 2.05) is 38.1 Å². The molecule has 0 aliphatic carbocycles. The zero-order valence-electron chi connectivity index (χ0n) is 10.6. The maximum Gasteiger partial charge on any atom is 0.181 e. The smallest absolute Gasteiger partial charge is 0.181 e. The Hall–Kier alpha value is -1.33. The molecule has 2 aromatic rings.